The average Bonchev–Trinajstić information content (AvgIpc) is 3.27. The first kappa shape index (κ1) is 15.3. The molecule has 4 nitrogen and oxygen atoms in total. The molecule has 3 fully saturated rings. The predicted octanol–water partition coefficient (Wildman–Crippen LogP) is 1.83. The molecule has 4 heteroatoms. The summed E-state index contributed by atoms with van der Waals surface area (Å²) in [4.78, 5) is 5.16. The minimum absolute atomic E-state index is 0.293. The SMILES string of the molecule is CCCNC(C#N)(CN1CCC2CCC(C1)N2C)C1CC1. The number of hydrogen-bond acceptors (Lipinski definition) is 4. The Morgan fingerprint density at radius 3 is 2.62 bits per heavy atom. The fourth-order valence-corrected chi connectivity index (χ4v) is 4.30. The van der Waals surface area contributed by atoms with Crippen molar-refractivity contribution in [2.45, 2.75) is 63.1 Å². The minimum atomic E-state index is -0.293. The van der Waals surface area contributed by atoms with Gasteiger partial charge in [0.15, 0.2) is 0 Å². The number of likely N-dealkylation sites (tertiary alicyclic amines) is 1. The zero-order valence-electron chi connectivity index (χ0n) is 13.6. The predicted molar refractivity (Wildman–Crippen MR) is 85.0 cm³/mol. The van der Waals surface area contributed by atoms with Crippen molar-refractivity contribution in [2.24, 2.45) is 5.92 Å². The van der Waals surface area contributed by atoms with E-state index >= 15 is 0 Å². The maximum absolute atomic E-state index is 9.85. The van der Waals surface area contributed by atoms with Crippen LogP contribution in [0.5, 0.6) is 0 Å². The van der Waals surface area contributed by atoms with Crippen molar-refractivity contribution in [3.05, 3.63) is 0 Å². The summed E-state index contributed by atoms with van der Waals surface area (Å²) in [5.41, 5.74) is -0.293. The Balaban J connectivity index is 1.67. The van der Waals surface area contributed by atoms with Crippen LogP contribution in [0, 0.1) is 17.2 Å². The standard InChI is InChI=1S/C17H30N4/c1-3-9-19-17(12-18,14-4-5-14)13-21-10-8-15-6-7-16(11-21)20(15)2/h14-16,19H,3-11,13H2,1-2H3. The molecule has 3 unspecified atom stereocenters. The lowest BCUT2D eigenvalue weighted by Crippen LogP contribution is -2.55. The van der Waals surface area contributed by atoms with Crippen LogP contribution in [0.3, 0.4) is 0 Å². The molecule has 0 spiro atoms. The van der Waals surface area contributed by atoms with Crippen LogP contribution in [-0.2, 0) is 0 Å². The summed E-state index contributed by atoms with van der Waals surface area (Å²) in [5.74, 6) is 0.576. The first-order valence-electron chi connectivity index (χ1n) is 8.79. The van der Waals surface area contributed by atoms with Crippen molar-refractivity contribution in [2.75, 3.05) is 33.2 Å². The highest BCUT2D eigenvalue weighted by Gasteiger charge is 2.47. The van der Waals surface area contributed by atoms with Crippen molar-refractivity contribution in [3.63, 3.8) is 0 Å². The van der Waals surface area contributed by atoms with Crippen LogP contribution < -0.4 is 5.32 Å². The van der Waals surface area contributed by atoms with E-state index in [0.29, 0.717) is 12.0 Å². The molecular formula is C17H30N4. The average molecular weight is 290 g/mol. The second-order valence-electron chi connectivity index (χ2n) is 7.36. The third kappa shape index (κ3) is 3.11. The maximum atomic E-state index is 9.85. The van der Waals surface area contributed by atoms with Gasteiger partial charge in [0.25, 0.3) is 0 Å². The van der Waals surface area contributed by atoms with Crippen molar-refractivity contribution >= 4 is 0 Å². The number of hydrogen-bond donors (Lipinski definition) is 1. The van der Waals surface area contributed by atoms with Crippen molar-refractivity contribution < 1.29 is 0 Å². The van der Waals surface area contributed by atoms with Gasteiger partial charge in [-0.2, -0.15) is 5.26 Å². The van der Waals surface area contributed by atoms with Gasteiger partial charge in [-0.1, -0.05) is 6.92 Å². The van der Waals surface area contributed by atoms with Crippen molar-refractivity contribution in [1.29, 1.82) is 5.26 Å². The van der Waals surface area contributed by atoms with E-state index in [4.69, 9.17) is 0 Å². The van der Waals surface area contributed by atoms with E-state index in [2.05, 4.69) is 35.2 Å². The van der Waals surface area contributed by atoms with Crippen molar-refractivity contribution in [1.82, 2.24) is 15.1 Å². The summed E-state index contributed by atoms with van der Waals surface area (Å²) in [5, 5.41) is 13.4. The Morgan fingerprint density at radius 1 is 1.19 bits per heavy atom. The lowest BCUT2D eigenvalue weighted by atomic mass is 9.93. The van der Waals surface area contributed by atoms with E-state index in [1.54, 1.807) is 0 Å². The molecule has 1 aliphatic carbocycles. The van der Waals surface area contributed by atoms with Crippen LogP contribution >= 0.6 is 0 Å². The minimum Gasteiger partial charge on any atom is -0.299 e. The molecule has 3 aliphatic rings. The molecule has 1 N–H and O–H groups in total. The molecule has 21 heavy (non-hydrogen) atoms. The van der Waals surface area contributed by atoms with Gasteiger partial charge in [0.1, 0.15) is 5.54 Å². The summed E-state index contributed by atoms with van der Waals surface area (Å²) < 4.78 is 0. The third-order valence-corrected chi connectivity index (χ3v) is 5.87. The van der Waals surface area contributed by atoms with Crippen LogP contribution in [0.15, 0.2) is 0 Å². The number of fused-ring (bicyclic) bond motifs is 2. The zero-order chi connectivity index (χ0) is 14.9. The normalized spacial score (nSPS) is 33.4. The Bertz CT molecular complexity index is 400. The Kier molecular flexibility index (Phi) is 4.54. The Morgan fingerprint density at radius 2 is 1.95 bits per heavy atom. The van der Waals surface area contributed by atoms with E-state index in [9.17, 15) is 5.26 Å². The molecule has 118 valence electrons. The van der Waals surface area contributed by atoms with Gasteiger partial charge < -0.3 is 0 Å². The molecule has 0 aromatic carbocycles. The second-order valence-corrected chi connectivity index (χ2v) is 7.36. The van der Waals surface area contributed by atoms with Crippen molar-refractivity contribution in [3.8, 4) is 6.07 Å². The molecular weight excluding hydrogens is 260 g/mol. The van der Waals surface area contributed by atoms with Gasteiger partial charge in [0.05, 0.1) is 6.07 Å². The highest BCUT2D eigenvalue weighted by Crippen LogP contribution is 2.40. The van der Waals surface area contributed by atoms with Gasteiger partial charge in [0.2, 0.25) is 0 Å². The van der Waals surface area contributed by atoms with E-state index in [-0.39, 0.29) is 5.54 Å². The largest absolute Gasteiger partial charge is 0.299 e. The fourth-order valence-electron chi connectivity index (χ4n) is 4.30. The zero-order valence-corrected chi connectivity index (χ0v) is 13.6. The first-order valence-corrected chi connectivity index (χ1v) is 8.79. The Labute approximate surface area is 129 Å². The number of nitrogens with one attached hydrogen (secondary N) is 1. The van der Waals surface area contributed by atoms with Crippen LogP contribution in [0.4, 0.5) is 0 Å². The quantitative estimate of drug-likeness (QED) is 0.810. The molecule has 2 heterocycles. The topological polar surface area (TPSA) is 42.3 Å². The fraction of sp³-hybridized carbons (Fsp3) is 0.941. The lowest BCUT2D eigenvalue weighted by molar-refractivity contribution is 0.175. The summed E-state index contributed by atoms with van der Waals surface area (Å²) in [6.07, 6.45) is 7.53. The van der Waals surface area contributed by atoms with Crippen LogP contribution in [-0.4, -0.2) is 60.6 Å². The maximum Gasteiger partial charge on any atom is 0.122 e. The van der Waals surface area contributed by atoms with E-state index in [1.165, 1.54) is 32.1 Å². The number of nitriles is 1. The van der Waals surface area contributed by atoms with Gasteiger partial charge >= 0.3 is 0 Å². The monoisotopic (exact) mass is 290 g/mol. The van der Waals surface area contributed by atoms with Crippen LogP contribution in [0.2, 0.25) is 0 Å². The van der Waals surface area contributed by atoms with Gasteiger partial charge in [-0.25, -0.2) is 0 Å². The second kappa shape index (κ2) is 6.24. The molecule has 1 saturated carbocycles. The number of rotatable bonds is 6. The molecule has 0 amide bonds. The van der Waals surface area contributed by atoms with E-state index in [0.717, 1.165) is 38.6 Å². The first-order chi connectivity index (χ1) is 10.2. The van der Waals surface area contributed by atoms with Gasteiger partial charge in [-0.05, 0) is 64.6 Å². The van der Waals surface area contributed by atoms with Gasteiger partial charge in [0, 0.05) is 25.2 Å². The molecule has 2 aliphatic heterocycles. The van der Waals surface area contributed by atoms with E-state index < -0.39 is 0 Å². The van der Waals surface area contributed by atoms with Crippen LogP contribution in [0.1, 0.15) is 45.4 Å². The summed E-state index contributed by atoms with van der Waals surface area (Å²) >= 11 is 0. The van der Waals surface area contributed by atoms with E-state index in [1.807, 2.05) is 0 Å². The molecule has 0 aromatic rings. The smallest absolute Gasteiger partial charge is 0.122 e. The number of likely N-dealkylation sites (N-methyl/N-ethyl adjacent to an activating group) is 1. The highest BCUT2D eigenvalue weighted by molar-refractivity contribution is 5.17. The number of nitrogens with zero attached hydrogens (tertiary/aromatic N) is 3. The van der Waals surface area contributed by atoms with Gasteiger partial charge in [-0.3, -0.25) is 15.1 Å². The van der Waals surface area contributed by atoms with Crippen LogP contribution in [0.25, 0.3) is 0 Å². The molecule has 2 saturated heterocycles. The molecule has 3 rings (SSSR count). The Hall–Kier alpha value is -0.630. The molecule has 3 atom stereocenters. The molecule has 0 aromatic heterocycles. The third-order valence-electron chi connectivity index (χ3n) is 5.87. The lowest BCUT2D eigenvalue weighted by Gasteiger charge is -2.35. The molecule has 0 radical (unpaired) electrons. The molecule has 2 bridgehead atoms. The summed E-state index contributed by atoms with van der Waals surface area (Å²) in [7, 11) is 2.29. The van der Waals surface area contributed by atoms with Gasteiger partial charge in [-0.15, -0.1) is 0 Å². The summed E-state index contributed by atoms with van der Waals surface area (Å²) in [6.45, 7) is 6.38. The summed E-state index contributed by atoms with van der Waals surface area (Å²) in [6, 6.07) is 4.16. The highest BCUT2D eigenvalue weighted by atomic mass is 15.3.